The van der Waals surface area contributed by atoms with E-state index in [0.717, 1.165) is 58.3 Å². The first-order valence-electron chi connectivity index (χ1n) is 15.7. The Balaban J connectivity index is 1.27. The lowest BCUT2D eigenvalue weighted by molar-refractivity contribution is -0.140. The largest absolute Gasteiger partial charge is 0.422 e. The highest BCUT2D eigenvalue weighted by atomic mass is 127. The van der Waals surface area contributed by atoms with Crippen molar-refractivity contribution in [2.75, 3.05) is 0 Å². The summed E-state index contributed by atoms with van der Waals surface area (Å²) in [4.78, 5) is 25.6. The van der Waals surface area contributed by atoms with Gasteiger partial charge >= 0.3 is 5.97 Å². The van der Waals surface area contributed by atoms with Gasteiger partial charge in [0.15, 0.2) is 5.75 Å². The second-order valence-electron chi connectivity index (χ2n) is 14.4. The van der Waals surface area contributed by atoms with Gasteiger partial charge in [0, 0.05) is 3.57 Å². The number of carbonyl (C=O) groups excluding carboxylic acids is 1. The van der Waals surface area contributed by atoms with E-state index in [1.165, 1.54) is 63.0 Å². The van der Waals surface area contributed by atoms with Crippen molar-refractivity contribution in [3.63, 3.8) is 0 Å². The van der Waals surface area contributed by atoms with E-state index in [1.54, 1.807) is 12.1 Å². The molecule has 0 aliphatic heterocycles. The van der Waals surface area contributed by atoms with Crippen molar-refractivity contribution < 1.29 is 9.53 Å². The molecule has 0 bridgehead atoms. The zero-order chi connectivity index (χ0) is 27.9. The number of hydrogen-bond acceptors (Lipinski definition) is 3. The Labute approximate surface area is 250 Å². The molecule has 1 aromatic rings. The summed E-state index contributed by atoms with van der Waals surface area (Å²) in [6.45, 7) is 12.4. The van der Waals surface area contributed by atoms with Crippen molar-refractivity contribution in [2.24, 2.45) is 52.3 Å². The zero-order valence-electron chi connectivity index (χ0n) is 24.8. The van der Waals surface area contributed by atoms with Gasteiger partial charge in [0.05, 0.1) is 5.92 Å². The van der Waals surface area contributed by atoms with Gasteiger partial charge in [-0.3, -0.25) is 9.59 Å². The van der Waals surface area contributed by atoms with Gasteiger partial charge in [-0.25, -0.2) is 0 Å². The summed E-state index contributed by atoms with van der Waals surface area (Å²) in [6, 6.07) is 6.70. The Kier molecular flexibility index (Phi) is 8.73. The van der Waals surface area contributed by atoms with Crippen LogP contribution in [0.25, 0.3) is 0 Å². The Morgan fingerprint density at radius 2 is 1.77 bits per heavy atom. The molecule has 5 rings (SSSR count). The fourth-order valence-electron chi connectivity index (χ4n) is 9.69. The number of allylic oxidation sites excluding steroid dienone is 2. The van der Waals surface area contributed by atoms with Gasteiger partial charge in [-0.2, -0.15) is 0 Å². The third kappa shape index (κ3) is 5.66. The Morgan fingerprint density at radius 1 is 1.00 bits per heavy atom. The first-order chi connectivity index (χ1) is 18.5. The number of carbonyl (C=O) groups is 1. The minimum absolute atomic E-state index is 0.148. The number of esters is 1. The van der Waals surface area contributed by atoms with E-state index in [-0.39, 0.29) is 28.5 Å². The van der Waals surface area contributed by atoms with E-state index in [0.29, 0.717) is 5.41 Å². The van der Waals surface area contributed by atoms with Crippen molar-refractivity contribution >= 4 is 28.6 Å². The molecule has 214 valence electrons. The molecule has 0 unspecified atom stereocenters. The number of hydrogen-bond donors (Lipinski definition) is 0. The highest BCUT2D eigenvalue weighted by Crippen LogP contribution is 2.67. The SMILES string of the molecule is CC(C)CCC[C@@H](C)[C@H]1CC[C@H]2[C@@H]3CC=C4C[C@@H](C(=O)Oc5ccc(I)ccc5=O)CC[C@]4(C)[C@H]3CC[C@]12C. The molecule has 4 aliphatic rings. The number of halogens is 1. The predicted molar refractivity (Wildman–Crippen MR) is 168 cm³/mol. The highest BCUT2D eigenvalue weighted by molar-refractivity contribution is 14.1. The molecule has 0 spiro atoms. The second kappa shape index (κ2) is 11.6. The normalized spacial score (nSPS) is 36.4. The second-order valence-corrected chi connectivity index (χ2v) is 15.7. The van der Waals surface area contributed by atoms with E-state index >= 15 is 0 Å². The molecule has 1 aromatic carbocycles. The summed E-state index contributed by atoms with van der Waals surface area (Å²) < 4.78 is 6.63. The zero-order valence-corrected chi connectivity index (χ0v) is 27.0. The van der Waals surface area contributed by atoms with Crippen LogP contribution in [0.1, 0.15) is 105 Å². The number of ether oxygens (including phenoxy) is 1. The summed E-state index contributed by atoms with van der Waals surface area (Å²) in [5, 5.41) is 0. The fraction of sp³-hybridized carbons (Fsp3) is 0.714. The van der Waals surface area contributed by atoms with E-state index in [2.05, 4.69) is 63.3 Å². The number of fused-ring (bicyclic) bond motifs is 5. The predicted octanol–water partition coefficient (Wildman–Crippen LogP) is 9.21. The molecule has 4 heteroatoms. The Hall–Kier alpha value is -1.17. The maximum absolute atomic E-state index is 13.2. The van der Waals surface area contributed by atoms with Gasteiger partial charge in [0.2, 0.25) is 5.43 Å². The standard InChI is InChI=1S/C35H49IO3/c1-22(2)7-6-8-23(3)28-13-14-29-27-12-9-25-21-24(17-19-34(25,4)30(27)18-20-35(28,29)5)33(38)39-32-16-11-26(36)10-15-31(32)37/h9-11,15-16,22-24,27-30H,6-8,12-14,17-21H2,1-5H3/t23-,24+,27+,28-,29+,30+,34+,35-/m1/s1. The van der Waals surface area contributed by atoms with Crippen LogP contribution < -0.4 is 10.2 Å². The molecule has 0 N–H and O–H groups in total. The minimum atomic E-state index is -0.236. The molecule has 4 aliphatic carbocycles. The summed E-state index contributed by atoms with van der Waals surface area (Å²) in [5.74, 6) is 4.68. The van der Waals surface area contributed by atoms with Crippen LogP contribution >= 0.6 is 22.6 Å². The lowest BCUT2D eigenvalue weighted by Gasteiger charge is -2.58. The summed E-state index contributed by atoms with van der Waals surface area (Å²) in [5.41, 5.74) is 1.97. The van der Waals surface area contributed by atoms with Gasteiger partial charge in [-0.1, -0.05) is 65.5 Å². The first kappa shape index (κ1) is 29.3. The quantitative estimate of drug-likeness (QED) is 0.169. The molecule has 3 nitrogen and oxygen atoms in total. The van der Waals surface area contributed by atoms with Crippen molar-refractivity contribution in [1.82, 2.24) is 0 Å². The molecule has 39 heavy (non-hydrogen) atoms. The van der Waals surface area contributed by atoms with E-state index in [9.17, 15) is 9.59 Å². The van der Waals surface area contributed by atoms with E-state index < -0.39 is 0 Å². The summed E-state index contributed by atoms with van der Waals surface area (Å²) in [6.07, 6.45) is 16.1. The van der Waals surface area contributed by atoms with E-state index in [4.69, 9.17) is 4.74 Å². The third-order valence-corrected chi connectivity index (χ3v) is 12.6. The topological polar surface area (TPSA) is 43.4 Å². The van der Waals surface area contributed by atoms with Crippen molar-refractivity contribution in [3.8, 4) is 5.75 Å². The minimum Gasteiger partial charge on any atom is -0.422 e. The molecule has 0 amide bonds. The molecule has 8 atom stereocenters. The van der Waals surface area contributed by atoms with Gasteiger partial charge < -0.3 is 4.74 Å². The van der Waals surface area contributed by atoms with Crippen LogP contribution in [-0.2, 0) is 4.79 Å². The van der Waals surface area contributed by atoms with Crippen LogP contribution in [0.4, 0.5) is 0 Å². The van der Waals surface area contributed by atoms with Crippen LogP contribution in [0.3, 0.4) is 0 Å². The van der Waals surface area contributed by atoms with Crippen LogP contribution in [0.2, 0.25) is 0 Å². The van der Waals surface area contributed by atoms with Gasteiger partial charge in [-0.05, 0) is 145 Å². The average molecular weight is 645 g/mol. The maximum Gasteiger partial charge on any atom is 0.314 e. The third-order valence-electron chi connectivity index (χ3n) is 11.9. The average Bonchev–Trinajstić information content (AvgIpc) is 3.17. The molecule has 0 heterocycles. The smallest absolute Gasteiger partial charge is 0.314 e. The maximum atomic E-state index is 13.2. The monoisotopic (exact) mass is 644 g/mol. The molecule has 0 saturated heterocycles. The van der Waals surface area contributed by atoms with Crippen LogP contribution in [0.5, 0.6) is 5.75 Å². The molecule has 0 aromatic heterocycles. The lowest BCUT2D eigenvalue weighted by Crippen LogP contribution is -2.51. The Morgan fingerprint density at radius 3 is 2.54 bits per heavy atom. The Bertz CT molecular complexity index is 1160. The van der Waals surface area contributed by atoms with Crippen molar-refractivity contribution in [1.29, 1.82) is 0 Å². The highest BCUT2D eigenvalue weighted by Gasteiger charge is 2.59. The fourth-order valence-corrected chi connectivity index (χ4v) is 10.1. The van der Waals surface area contributed by atoms with Crippen LogP contribution in [-0.4, -0.2) is 5.97 Å². The van der Waals surface area contributed by atoms with Crippen molar-refractivity contribution in [2.45, 2.75) is 105 Å². The van der Waals surface area contributed by atoms with Gasteiger partial charge in [-0.15, -0.1) is 0 Å². The molecule has 3 saturated carbocycles. The van der Waals surface area contributed by atoms with Crippen LogP contribution in [0.15, 0.2) is 40.7 Å². The van der Waals surface area contributed by atoms with Gasteiger partial charge in [0.25, 0.3) is 0 Å². The summed E-state index contributed by atoms with van der Waals surface area (Å²) >= 11 is 2.17. The van der Waals surface area contributed by atoms with Crippen molar-refractivity contribution in [3.05, 3.63) is 49.7 Å². The summed E-state index contributed by atoms with van der Waals surface area (Å²) in [7, 11) is 0. The molecular formula is C35H49IO3. The molecular weight excluding hydrogens is 595 g/mol. The number of rotatable bonds is 7. The van der Waals surface area contributed by atoms with Gasteiger partial charge in [0.1, 0.15) is 0 Å². The van der Waals surface area contributed by atoms with Crippen LogP contribution in [0, 0.1) is 55.8 Å². The first-order valence-corrected chi connectivity index (χ1v) is 16.8. The molecule has 3 fully saturated rings. The van der Waals surface area contributed by atoms with E-state index in [1.807, 2.05) is 6.07 Å². The molecule has 0 radical (unpaired) electrons. The lowest BCUT2D eigenvalue weighted by atomic mass is 9.46.